The standard InChI is InChI=1S/C21H21N3OS/c1-13-5-4-6-14(9-13)17-11-16(10-15-7-8-26-19(15)17)21(2)12-18(25)24(3)20(22)23-21/h4-11H,12H2,1-3H3,(H2,22,23)/t21-/m0/s1. The quantitative estimate of drug-likeness (QED) is 0.705. The number of carbonyl (C=O) groups is 1. The third kappa shape index (κ3) is 2.69. The largest absolute Gasteiger partial charge is 0.346 e. The molecule has 2 aromatic carbocycles. The van der Waals surface area contributed by atoms with Crippen molar-refractivity contribution in [2.45, 2.75) is 25.8 Å². The molecule has 1 saturated heterocycles. The van der Waals surface area contributed by atoms with E-state index in [1.165, 1.54) is 31.7 Å². The van der Waals surface area contributed by atoms with E-state index in [4.69, 9.17) is 5.41 Å². The second-order valence-corrected chi connectivity index (χ2v) is 8.08. The number of fused-ring (bicyclic) bond motifs is 1. The topological polar surface area (TPSA) is 56.2 Å². The maximum Gasteiger partial charge on any atom is 0.231 e. The number of nitrogens with one attached hydrogen (secondary N) is 2. The molecule has 1 aromatic heterocycles. The van der Waals surface area contributed by atoms with Crippen molar-refractivity contribution in [3.8, 4) is 11.1 Å². The number of hydrogen-bond donors (Lipinski definition) is 2. The fraction of sp³-hybridized carbons (Fsp3) is 0.238. The molecule has 5 heteroatoms. The summed E-state index contributed by atoms with van der Waals surface area (Å²) in [6.07, 6.45) is 0.328. The van der Waals surface area contributed by atoms with Crippen LogP contribution in [0.4, 0.5) is 0 Å². The van der Waals surface area contributed by atoms with Crippen molar-refractivity contribution in [3.05, 3.63) is 59.0 Å². The number of hydrogen-bond acceptors (Lipinski definition) is 3. The fourth-order valence-corrected chi connectivity index (χ4v) is 4.45. The summed E-state index contributed by atoms with van der Waals surface area (Å²) in [7, 11) is 1.64. The molecule has 0 radical (unpaired) electrons. The van der Waals surface area contributed by atoms with Crippen molar-refractivity contribution in [3.63, 3.8) is 0 Å². The molecule has 4 rings (SSSR count). The molecule has 0 aliphatic carbocycles. The van der Waals surface area contributed by atoms with Crippen LogP contribution < -0.4 is 5.32 Å². The van der Waals surface area contributed by atoms with E-state index in [0.29, 0.717) is 6.42 Å². The number of nitrogens with zero attached hydrogens (tertiary/aromatic N) is 1. The van der Waals surface area contributed by atoms with Crippen LogP contribution in [0.25, 0.3) is 21.2 Å². The number of aryl methyl sites for hydroxylation is 1. The van der Waals surface area contributed by atoms with E-state index in [-0.39, 0.29) is 11.9 Å². The van der Waals surface area contributed by atoms with Gasteiger partial charge in [-0.05, 0) is 59.5 Å². The zero-order valence-corrected chi connectivity index (χ0v) is 15.9. The van der Waals surface area contributed by atoms with Crippen LogP contribution in [0, 0.1) is 12.3 Å². The molecule has 1 atom stereocenters. The molecular formula is C21H21N3OS. The summed E-state index contributed by atoms with van der Waals surface area (Å²) in [6, 6.07) is 14.9. The van der Waals surface area contributed by atoms with Gasteiger partial charge in [0.1, 0.15) is 0 Å². The first kappa shape index (κ1) is 16.8. The average molecular weight is 363 g/mol. The number of carbonyl (C=O) groups excluding carboxylic acids is 1. The summed E-state index contributed by atoms with van der Waals surface area (Å²) in [5, 5.41) is 14.6. The number of guanidine groups is 1. The second-order valence-electron chi connectivity index (χ2n) is 7.17. The summed E-state index contributed by atoms with van der Waals surface area (Å²) < 4.78 is 1.25. The molecule has 2 heterocycles. The highest BCUT2D eigenvalue weighted by Gasteiger charge is 2.38. The van der Waals surface area contributed by atoms with Crippen LogP contribution in [0.2, 0.25) is 0 Å². The fourth-order valence-electron chi connectivity index (χ4n) is 3.54. The monoisotopic (exact) mass is 363 g/mol. The minimum absolute atomic E-state index is 0.0428. The Kier molecular flexibility index (Phi) is 3.84. The van der Waals surface area contributed by atoms with E-state index in [1.54, 1.807) is 18.4 Å². The number of amides is 1. The summed E-state index contributed by atoms with van der Waals surface area (Å²) in [5.74, 6) is 0.102. The van der Waals surface area contributed by atoms with E-state index >= 15 is 0 Å². The molecule has 26 heavy (non-hydrogen) atoms. The summed E-state index contributed by atoms with van der Waals surface area (Å²) in [6.45, 7) is 4.10. The Bertz CT molecular complexity index is 1020. The van der Waals surface area contributed by atoms with Crippen LogP contribution in [0.15, 0.2) is 47.8 Å². The summed E-state index contributed by atoms with van der Waals surface area (Å²) in [4.78, 5) is 13.7. The minimum atomic E-state index is -0.588. The Morgan fingerprint density at radius 1 is 1.23 bits per heavy atom. The Morgan fingerprint density at radius 3 is 2.77 bits per heavy atom. The van der Waals surface area contributed by atoms with Crippen molar-refractivity contribution in [1.29, 1.82) is 5.41 Å². The lowest BCUT2D eigenvalue weighted by Crippen LogP contribution is -2.58. The lowest BCUT2D eigenvalue weighted by atomic mass is 9.84. The van der Waals surface area contributed by atoms with E-state index in [9.17, 15) is 4.79 Å². The first-order chi connectivity index (χ1) is 12.4. The molecule has 1 fully saturated rings. The normalized spacial score (nSPS) is 20.5. The molecule has 0 saturated carbocycles. The minimum Gasteiger partial charge on any atom is -0.346 e. The third-order valence-corrected chi connectivity index (χ3v) is 6.09. The van der Waals surface area contributed by atoms with Gasteiger partial charge in [0.05, 0.1) is 12.0 Å². The smallest absolute Gasteiger partial charge is 0.231 e. The van der Waals surface area contributed by atoms with Gasteiger partial charge in [0.25, 0.3) is 0 Å². The first-order valence-electron chi connectivity index (χ1n) is 8.59. The van der Waals surface area contributed by atoms with Crippen molar-refractivity contribution in [2.24, 2.45) is 0 Å². The van der Waals surface area contributed by atoms with Gasteiger partial charge in [0.2, 0.25) is 5.91 Å². The van der Waals surface area contributed by atoms with Gasteiger partial charge in [-0.25, -0.2) is 0 Å². The van der Waals surface area contributed by atoms with E-state index in [2.05, 4.69) is 60.1 Å². The predicted molar refractivity (Wildman–Crippen MR) is 108 cm³/mol. The van der Waals surface area contributed by atoms with Gasteiger partial charge in [0.15, 0.2) is 5.96 Å². The highest BCUT2D eigenvalue weighted by Crippen LogP contribution is 2.38. The Hall–Kier alpha value is -2.66. The Morgan fingerprint density at radius 2 is 2.04 bits per heavy atom. The molecule has 132 valence electrons. The van der Waals surface area contributed by atoms with Crippen molar-refractivity contribution >= 4 is 33.3 Å². The molecule has 2 N–H and O–H groups in total. The highest BCUT2D eigenvalue weighted by atomic mass is 32.1. The number of rotatable bonds is 2. The second kappa shape index (κ2) is 5.95. The van der Waals surface area contributed by atoms with Gasteiger partial charge in [-0.1, -0.05) is 29.8 Å². The lowest BCUT2D eigenvalue weighted by molar-refractivity contribution is -0.129. The first-order valence-corrected chi connectivity index (χ1v) is 9.47. The molecule has 1 aliphatic heterocycles. The van der Waals surface area contributed by atoms with Crippen molar-refractivity contribution < 1.29 is 4.79 Å². The molecule has 0 bridgehead atoms. The zero-order valence-electron chi connectivity index (χ0n) is 15.1. The third-order valence-electron chi connectivity index (χ3n) is 5.13. The van der Waals surface area contributed by atoms with Crippen LogP contribution in [-0.4, -0.2) is 23.8 Å². The molecule has 1 amide bonds. The van der Waals surface area contributed by atoms with Gasteiger partial charge < -0.3 is 5.32 Å². The van der Waals surface area contributed by atoms with Crippen LogP contribution >= 0.6 is 11.3 Å². The predicted octanol–water partition coefficient (Wildman–Crippen LogP) is 4.48. The zero-order chi connectivity index (χ0) is 18.5. The molecule has 1 aliphatic rings. The van der Waals surface area contributed by atoms with Crippen molar-refractivity contribution in [1.82, 2.24) is 10.2 Å². The maximum absolute atomic E-state index is 12.4. The summed E-state index contributed by atoms with van der Waals surface area (Å²) in [5.41, 5.74) is 4.02. The summed E-state index contributed by atoms with van der Waals surface area (Å²) >= 11 is 1.73. The van der Waals surface area contributed by atoms with Crippen molar-refractivity contribution in [2.75, 3.05) is 7.05 Å². The molecule has 4 nitrogen and oxygen atoms in total. The van der Waals surface area contributed by atoms with Crippen LogP contribution in [-0.2, 0) is 10.3 Å². The van der Waals surface area contributed by atoms with Gasteiger partial charge in [-0.2, -0.15) is 0 Å². The molecule has 0 spiro atoms. The Labute approximate surface area is 157 Å². The maximum atomic E-state index is 12.4. The highest BCUT2D eigenvalue weighted by molar-refractivity contribution is 7.17. The van der Waals surface area contributed by atoms with Crippen LogP contribution in [0.1, 0.15) is 24.5 Å². The van der Waals surface area contributed by atoms with E-state index in [0.717, 1.165) is 5.56 Å². The van der Waals surface area contributed by atoms with Crippen LogP contribution in [0.5, 0.6) is 0 Å². The Balaban J connectivity index is 1.89. The molecule has 3 aromatic rings. The van der Waals surface area contributed by atoms with Gasteiger partial charge in [-0.3, -0.25) is 15.1 Å². The number of benzene rings is 2. The molecular weight excluding hydrogens is 342 g/mol. The van der Waals surface area contributed by atoms with Crippen LogP contribution in [0.3, 0.4) is 0 Å². The SMILES string of the molecule is Cc1cccc(-c2cc([C@]3(C)CC(=O)N(C)C(=N)N3)cc3ccsc23)c1. The van der Waals surface area contributed by atoms with E-state index < -0.39 is 5.54 Å². The lowest BCUT2D eigenvalue weighted by Gasteiger charge is -2.39. The molecule has 0 unspecified atom stereocenters. The van der Waals surface area contributed by atoms with Gasteiger partial charge in [-0.15, -0.1) is 11.3 Å². The number of thiophene rings is 1. The van der Waals surface area contributed by atoms with E-state index in [1.807, 2.05) is 6.92 Å². The van der Waals surface area contributed by atoms with Gasteiger partial charge in [0, 0.05) is 11.7 Å². The average Bonchev–Trinajstić information content (AvgIpc) is 3.07. The van der Waals surface area contributed by atoms with Gasteiger partial charge >= 0.3 is 0 Å².